The molecule has 3 rings (SSSR count). The van der Waals surface area contributed by atoms with Crippen molar-refractivity contribution in [2.75, 3.05) is 13.1 Å². The molecule has 3 nitrogen and oxygen atoms in total. The third-order valence-electron chi connectivity index (χ3n) is 4.31. The number of nitrogens with zero attached hydrogens (tertiary/aromatic N) is 1. The van der Waals surface area contributed by atoms with Gasteiger partial charge in [-0.15, -0.1) is 12.4 Å². The van der Waals surface area contributed by atoms with E-state index in [1.165, 1.54) is 6.07 Å². The minimum atomic E-state index is -0.300. The number of halogens is 2. The first-order valence-corrected chi connectivity index (χ1v) is 6.96. The number of carbonyl (C=O) groups excluding carboxylic acids is 1. The first-order chi connectivity index (χ1) is 9.16. The van der Waals surface area contributed by atoms with Crippen LogP contribution in [0.3, 0.4) is 0 Å². The predicted molar refractivity (Wildman–Crippen MR) is 78.9 cm³/mol. The lowest BCUT2D eigenvalue weighted by molar-refractivity contribution is 0.0680. The Morgan fingerprint density at radius 2 is 2.05 bits per heavy atom. The van der Waals surface area contributed by atoms with Crippen molar-refractivity contribution < 1.29 is 9.18 Å². The van der Waals surface area contributed by atoms with Crippen LogP contribution in [-0.4, -0.2) is 36.0 Å². The number of benzene rings is 1. The van der Waals surface area contributed by atoms with Crippen LogP contribution in [0.5, 0.6) is 0 Å². The number of rotatable bonds is 1. The van der Waals surface area contributed by atoms with E-state index in [1.54, 1.807) is 19.1 Å². The Balaban J connectivity index is 0.00000147. The molecule has 1 aromatic carbocycles. The van der Waals surface area contributed by atoms with Gasteiger partial charge >= 0.3 is 0 Å². The van der Waals surface area contributed by atoms with Gasteiger partial charge < -0.3 is 10.2 Å². The van der Waals surface area contributed by atoms with E-state index in [9.17, 15) is 9.18 Å². The monoisotopic (exact) mass is 298 g/mol. The molecule has 2 aliphatic heterocycles. The second-order valence-corrected chi connectivity index (χ2v) is 5.55. The van der Waals surface area contributed by atoms with Gasteiger partial charge in [-0.1, -0.05) is 6.07 Å². The molecule has 5 heteroatoms. The minimum absolute atomic E-state index is 0. The standard InChI is InChI=1S/C15H19FN2O.ClH/c1-10-2-3-11(8-14(10)16)15(19)18-12-4-5-13(18)9-17-7-6-12;/h2-3,8,12-13,17H,4-7,9H2,1H3;1H. The lowest BCUT2D eigenvalue weighted by Gasteiger charge is -2.28. The number of aryl methyl sites for hydroxylation is 1. The Morgan fingerprint density at radius 3 is 2.80 bits per heavy atom. The maximum absolute atomic E-state index is 13.6. The van der Waals surface area contributed by atoms with Crippen LogP contribution < -0.4 is 5.32 Å². The van der Waals surface area contributed by atoms with E-state index in [-0.39, 0.29) is 30.2 Å². The van der Waals surface area contributed by atoms with Crippen molar-refractivity contribution in [3.8, 4) is 0 Å². The molecule has 1 amide bonds. The van der Waals surface area contributed by atoms with Crippen LogP contribution in [0.1, 0.15) is 35.2 Å². The molecule has 0 saturated carbocycles. The summed E-state index contributed by atoms with van der Waals surface area (Å²) in [5.41, 5.74) is 1.05. The van der Waals surface area contributed by atoms with Gasteiger partial charge in [-0.2, -0.15) is 0 Å². The Labute approximate surface area is 124 Å². The lowest BCUT2D eigenvalue weighted by atomic mass is 10.1. The van der Waals surface area contributed by atoms with Crippen LogP contribution in [0.2, 0.25) is 0 Å². The summed E-state index contributed by atoms with van der Waals surface area (Å²) in [5, 5.41) is 3.37. The van der Waals surface area contributed by atoms with Gasteiger partial charge in [-0.05, 0) is 50.4 Å². The van der Waals surface area contributed by atoms with Crippen molar-refractivity contribution in [2.45, 2.75) is 38.3 Å². The van der Waals surface area contributed by atoms with Crippen molar-refractivity contribution >= 4 is 18.3 Å². The summed E-state index contributed by atoms with van der Waals surface area (Å²) in [6.45, 7) is 3.53. The summed E-state index contributed by atoms with van der Waals surface area (Å²) in [7, 11) is 0. The van der Waals surface area contributed by atoms with Crippen molar-refractivity contribution in [1.82, 2.24) is 10.2 Å². The number of hydrogen-bond donors (Lipinski definition) is 1. The highest BCUT2D eigenvalue weighted by Gasteiger charge is 2.38. The van der Waals surface area contributed by atoms with Crippen LogP contribution in [0.25, 0.3) is 0 Å². The normalized spacial score (nSPS) is 25.0. The number of fused-ring (bicyclic) bond motifs is 2. The highest BCUT2D eigenvalue weighted by Crippen LogP contribution is 2.29. The molecule has 1 aromatic rings. The fourth-order valence-electron chi connectivity index (χ4n) is 3.19. The Bertz CT molecular complexity index is 495. The van der Waals surface area contributed by atoms with Gasteiger partial charge in [0.2, 0.25) is 0 Å². The maximum atomic E-state index is 13.6. The van der Waals surface area contributed by atoms with Crippen molar-refractivity contribution in [2.24, 2.45) is 0 Å². The molecular weight excluding hydrogens is 279 g/mol. The zero-order chi connectivity index (χ0) is 13.4. The molecule has 2 fully saturated rings. The fourth-order valence-corrected chi connectivity index (χ4v) is 3.19. The highest BCUT2D eigenvalue weighted by molar-refractivity contribution is 5.95. The second kappa shape index (κ2) is 6.10. The van der Waals surface area contributed by atoms with E-state index in [0.717, 1.165) is 32.4 Å². The molecule has 110 valence electrons. The van der Waals surface area contributed by atoms with Gasteiger partial charge in [0.05, 0.1) is 0 Å². The first kappa shape index (κ1) is 15.3. The third-order valence-corrected chi connectivity index (χ3v) is 4.31. The predicted octanol–water partition coefficient (Wildman–Crippen LogP) is 2.52. The summed E-state index contributed by atoms with van der Waals surface area (Å²) < 4.78 is 13.6. The Morgan fingerprint density at radius 1 is 1.30 bits per heavy atom. The summed E-state index contributed by atoms with van der Waals surface area (Å²) in [6.07, 6.45) is 3.13. The molecule has 20 heavy (non-hydrogen) atoms. The second-order valence-electron chi connectivity index (χ2n) is 5.55. The molecule has 1 N–H and O–H groups in total. The van der Waals surface area contributed by atoms with Crippen molar-refractivity contribution in [3.63, 3.8) is 0 Å². The molecule has 2 unspecified atom stereocenters. The molecule has 0 spiro atoms. The highest BCUT2D eigenvalue weighted by atomic mass is 35.5. The lowest BCUT2D eigenvalue weighted by Crippen LogP contribution is -2.42. The molecule has 2 saturated heterocycles. The quantitative estimate of drug-likeness (QED) is 0.864. The van der Waals surface area contributed by atoms with E-state index in [4.69, 9.17) is 0 Å². The third kappa shape index (κ3) is 2.67. The van der Waals surface area contributed by atoms with E-state index in [0.29, 0.717) is 17.2 Å². The molecule has 0 aromatic heterocycles. The van der Waals surface area contributed by atoms with E-state index >= 15 is 0 Å². The SMILES string of the molecule is Cc1ccc(C(=O)N2C3CCNCC2CC3)cc1F.Cl. The van der Waals surface area contributed by atoms with Gasteiger partial charge in [0.1, 0.15) is 5.82 Å². The molecule has 2 aliphatic rings. The van der Waals surface area contributed by atoms with Gasteiger partial charge in [0, 0.05) is 24.2 Å². The van der Waals surface area contributed by atoms with Gasteiger partial charge in [-0.3, -0.25) is 4.79 Å². The van der Waals surface area contributed by atoms with E-state index in [1.807, 2.05) is 4.90 Å². The van der Waals surface area contributed by atoms with E-state index < -0.39 is 0 Å². The summed E-state index contributed by atoms with van der Waals surface area (Å²) in [4.78, 5) is 14.6. The fraction of sp³-hybridized carbons (Fsp3) is 0.533. The van der Waals surface area contributed by atoms with Gasteiger partial charge in [0.15, 0.2) is 0 Å². The van der Waals surface area contributed by atoms with Gasteiger partial charge in [0.25, 0.3) is 5.91 Å². The minimum Gasteiger partial charge on any atom is -0.331 e. The number of amides is 1. The van der Waals surface area contributed by atoms with Crippen molar-refractivity contribution in [1.29, 1.82) is 0 Å². The number of carbonyl (C=O) groups is 1. The summed E-state index contributed by atoms with van der Waals surface area (Å²) in [5.74, 6) is -0.318. The first-order valence-electron chi connectivity index (χ1n) is 6.96. The molecule has 2 bridgehead atoms. The molecule has 2 atom stereocenters. The van der Waals surface area contributed by atoms with Gasteiger partial charge in [-0.25, -0.2) is 4.39 Å². The van der Waals surface area contributed by atoms with E-state index in [2.05, 4.69) is 5.32 Å². The maximum Gasteiger partial charge on any atom is 0.254 e. The topological polar surface area (TPSA) is 32.3 Å². The average molecular weight is 299 g/mol. The van der Waals surface area contributed by atoms with Crippen LogP contribution in [0.15, 0.2) is 18.2 Å². The Hall–Kier alpha value is -1.13. The molecular formula is C15H20ClFN2O. The molecule has 0 aliphatic carbocycles. The zero-order valence-electron chi connectivity index (χ0n) is 11.6. The zero-order valence-corrected chi connectivity index (χ0v) is 12.4. The Kier molecular flexibility index (Phi) is 4.66. The van der Waals surface area contributed by atoms with Crippen LogP contribution >= 0.6 is 12.4 Å². The van der Waals surface area contributed by atoms with Crippen LogP contribution in [0, 0.1) is 12.7 Å². The molecule has 0 radical (unpaired) electrons. The molecule has 2 heterocycles. The summed E-state index contributed by atoms with van der Waals surface area (Å²) in [6, 6.07) is 5.37. The van der Waals surface area contributed by atoms with Crippen molar-refractivity contribution in [3.05, 3.63) is 35.1 Å². The van der Waals surface area contributed by atoms with Crippen LogP contribution in [-0.2, 0) is 0 Å². The smallest absolute Gasteiger partial charge is 0.254 e. The largest absolute Gasteiger partial charge is 0.331 e. The average Bonchev–Trinajstić information content (AvgIpc) is 2.65. The van der Waals surface area contributed by atoms with Crippen LogP contribution in [0.4, 0.5) is 4.39 Å². The summed E-state index contributed by atoms with van der Waals surface area (Å²) >= 11 is 0. The number of nitrogens with one attached hydrogen (secondary N) is 1. The number of hydrogen-bond acceptors (Lipinski definition) is 2.